The van der Waals surface area contributed by atoms with Gasteiger partial charge in [0.1, 0.15) is 17.6 Å². The Hall–Kier alpha value is -2.44. The number of ether oxygens (including phenoxy) is 1. The van der Waals surface area contributed by atoms with E-state index in [0.29, 0.717) is 12.2 Å². The molecule has 1 aliphatic rings. The molecule has 6 nitrogen and oxygen atoms in total. The highest BCUT2D eigenvalue weighted by Gasteiger charge is 2.27. The molecule has 0 spiro atoms. The summed E-state index contributed by atoms with van der Waals surface area (Å²) < 4.78 is 18.0. The maximum atomic E-state index is 12.7. The molecule has 21 heavy (non-hydrogen) atoms. The SMILES string of the molecule is O=C1CCC(NC(=O)CCOc2ccc(F)cc2)C(=O)N1. The molecular weight excluding hydrogens is 279 g/mol. The van der Waals surface area contributed by atoms with Crippen molar-refractivity contribution in [3.63, 3.8) is 0 Å². The van der Waals surface area contributed by atoms with Gasteiger partial charge in [0.2, 0.25) is 17.7 Å². The predicted octanol–water partition coefficient (Wildman–Crippen LogP) is 0.516. The van der Waals surface area contributed by atoms with Crippen molar-refractivity contribution in [3.8, 4) is 5.75 Å². The van der Waals surface area contributed by atoms with E-state index in [4.69, 9.17) is 4.74 Å². The first-order chi connectivity index (χ1) is 10.0. The van der Waals surface area contributed by atoms with Gasteiger partial charge in [-0.05, 0) is 30.7 Å². The third-order valence-corrected chi connectivity index (χ3v) is 2.99. The van der Waals surface area contributed by atoms with E-state index in [1.54, 1.807) is 0 Å². The molecule has 1 heterocycles. The van der Waals surface area contributed by atoms with Crippen molar-refractivity contribution in [2.24, 2.45) is 0 Å². The van der Waals surface area contributed by atoms with Gasteiger partial charge in [0.05, 0.1) is 13.0 Å². The molecule has 0 aliphatic carbocycles. The van der Waals surface area contributed by atoms with Crippen molar-refractivity contribution in [1.29, 1.82) is 0 Å². The van der Waals surface area contributed by atoms with Crippen LogP contribution >= 0.6 is 0 Å². The zero-order chi connectivity index (χ0) is 15.2. The zero-order valence-corrected chi connectivity index (χ0v) is 11.2. The first-order valence-corrected chi connectivity index (χ1v) is 6.56. The second kappa shape index (κ2) is 6.83. The van der Waals surface area contributed by atoms with Crippen LogP contribution in [0.5, 0.6) is 5.75 Å². The highest BCUT2D eigenvalue weighted by molar-refractivity contribution is 6.01. The van der Waals surface area contributed by atoms with Gasteiger partial charge in [-0.1, -0.05) is 0 Å². The molecule has 1 aromatic rings. The summed E-state index contributed by atoms with van der Waals surface area (Å²) in [5.74, 6) is -1.06. The molecule has 1 unspecified atom stereocenters. The Kier molecular flexibility index (Phi) is 4.86. The van der Waals surface area contributed by atoms with Crippen molar-refractivity contribution < 1.29 is 23.5 Å². The van der Waals surface area contributed by atoms with Gasteiger partial charge >= 0.3 is 0 Å². The standard InChI is InChI=1S/C14H15FN2O4/c15-9-1-3-10(4-2-9)21-8-7-13(19)16-11-5-6-12(18)17-14(11)20/h1-4,11H,5-8H2,(H,16,19)(H,17,18,20). The van der Waals surface area contributed by atoms with E-state index in [2.05, 4.69) is 10.6 Å². The van der Waals surface area contributed by atoms with Gasteiger partial charge < -0.3 is 10.1 Å². The Morgan fingerprint density at radius 3 is 2.71 bits per heavy atom. The Morgan fingerprint density at radius 2 is 2.05 bits per heavy atom. The number of nitrogens with one attached hydrogen (secondary N) is 2. The average molecular weight is 294 g/mol. The van der Waals surface area contributed by atoms with E-state index in [-0.39, 0.29) is 37.1 Å². The first kappa shape index (κ1) is 15.0. The lowest BCUT2D eigenvalue weighted by molar-refractivity contribution is -0.137. The van der Waals surface area contributed by atoms with E-state index in [0.717, 1.165) is 0 Å². The molecule has 3 amide bonds. The lowest BCUT2D eigenvalue weighted by atomic mass is 10.1. The number of amides is 3. The molecule has 2 N–H and O–H groups in total. The molecule has 0 bridgehead atoms. The smallest absolute Gasteiger partial charge is 0.249 e. The second-order valence-electron chi connectivity index (χ2n) is 4.62. The van der Waals surface area contributed by atoms with Crippen LogP contribution in [0.4, 0.5) is 4.39 Å². The summed E-state index contributed by atoms with van der Waals surface area (Å²) in [7, 11) is 0. The fourth-order valence-corrected chi connectivity index (χ4v) is 1.89. The summed E-state index contributed by atoms with van der Waals surface area (Å²) >= 11 is 0. The van der Waals surface area contributed by atoms with E-state index in [1.807, 2.05) is 0 Å². The van der Waals surface area contributed by atoms with Gasteiger partial charge in [0.15, 0.2) is 0 Å². The summed E-state index contributed by atoms with van der Waals surface area (Å²) in [6.07, 6.45) is 0.576. The normalized spacial score (nSPS) is 18.0. The van der Waals surface area contributed by atoms with Crippen LogP contribution in [0.3, 0.4) is 0 Å². The number of halogens is 1. The summed E-state index contributed by atoms with van der Waals surface area (Å²) in [6.45, 7) is 0.116. The molecule has 1 saturated heterocycles. The van der Waals surface area contributed by atoms with Crippen molar-refractivity contribution in [2.75, 3.05) is 6.61 Å². The third-order valence-electron chi connectivity index (χ3n) is 2.99. The van der Waals surface area contributed by atoms with E-state index < -0.39 is 11.9 Å². The van der Waals surface area contributed by atoms with Crippen LogP contribution in [0.15, 0.2) is 24.3 Å². The van der Waals surface area contributed by atoms with Gasteiger partial charge in [0, 0.05) is 6.42 Å². The predicted molar refractivity (Wildman–Crippen MR) is 70.8 cm³/mol. The molecule has 1 aliphatic heterocycles. The van der Waals surface area contributed by atoms with Gasteiger partial charge in [-0.15, -0.1) is 0 Å². The van der Waals surface area contributed by atoms with Crippen molar-refractivity contribution in [2.45, 2.75) is 25.3 Å². The van der Waals surface area contributed by atoms with Crippen LogP contribution in [0, 0.1) is 5.82 Å². The minimum atomic E-state index is -0.680. The number of rotatable bonds is 5. The molecule has 112 valence electrons. The number of hydrogen-bond donors (Lipinski definition) is 2. The molecule has 0 saturated carbocycles. The average Bonchev–Trinajstić information content (AvgIpc) is 2.44. The summed E-state index contributed by atoms with van der Waals surface area (Å²) in [5, 5.41) is 4.70. The highest BCUT2D eigenvalue weighted by Crippen LogP contribution is 2.11. The third kappa shape index (κ3) is 4.55. The molecule has 1 atom stereocenters. The van der Waals surface area contributed by atoms with Crippen LogP contribution in [-0.2, 0) is 14.4 Å². The number of carbonyl (C=O) groups excluding carboxylic acids is 3. The Labute approximate surface area is 120 Å². The largest absolute Gasteiger partial charge is 0.493 e. The van der Waals surface area contributed by atoms with Crippen LogP contribution in [-0.4, -0.2) is 30.4 Å². The van der Waals surface area contributed by atoms with Gasteiger partial charge in [-0.3, -0.25) is 19.7 Å². The minimum Gasteiger partial charge on any atom is -0.493 e. The summed E-state index contributed by atoms with van der Waals surface area (Å²) in [5.41, 5.74) is 0. The Morgan fingerprint density at radius 1 is 1.33 bits per heavy atom. The number of imide groups is 1. The summed E-state index contributed by atoms with van der Waals surface area (Å²) in [6, 6.07) is 4.78. The molecule has 1 aromatic carbocycles. The highest BCUT2D eigenvalue weighted by atomic mass is 19.1. The maximum absolute atomic E-state index is 12.7. The van der Waals surface area contributed by atoms with Crippen LogP contribution < -0.4 is 15.4 Å². The van der Waals surface area contributed by atoms with E-state index in [9.17, 15) is 18.8 Å². The van der Waals surface area contributed by atoms with Crippen molar-refractivity contribution >= 4 is 17.7 Å². The Balaban J connectivity index is 1.71. The molecule has 2 rings (SSSR count). The fraction of sp³-hybridized carbons (Fsp3) is 0.357. The first-order valence-electron chi connectivity index (χ1n) is 6.56. The summed E-state index contributed by atoms with van der Waals surface area (Å²) in [4.78, 5) is 34.1. The monoisotopic (exact) mass is 294 g/mol. The number of piperidine rings is 1. The second-order valence-corrected chi connectivity index (χ2v) is 4.62. The molecule has 0 aromatic heterocycles. The zero-order valence-electron chi connectivity index (χ0n) is 11.2. The van der Waals surface area contributed by atoms with Gasteiger partial charge in [-0.2, -0.15) is 0 Å². The van der Waals surface area contributed by atoms with Gasteiger partial charge in [-0.25, -0.2) is 4.39 Å². The maximum Gasteiger partial charge on any atom is 0.249 e. The molecule has 0 radical (unpaired) electrons. The van der Waals surface area contributed by atoms with Crippen LogP contribution in [0.2, 0.25) is 0 Å². The molecule has 1 fully saturated rings. The fourth-order valence-electron chi connectivity index (χ4n) is 1.89. The number of hydrogen-bond acceptors (Lipinski definition) is 4. The number of carbonyl (C=O) groups is 3. The topological polar surface area (TPSA) is 84.5 Å². The quantitative estimate of drug-likeness (QED) is 0.775. The van der Waals surface area contributed by atoms with Crippen LogP contribution in [0.1, 0.15) is 19.3 Å². The number of benzene rings is 1. The lowest BCUT2D eigenvalue weighted by Gasteiger charge is -2.21. The van der Waals surface area contributed by atoms with E-state index in [1.165, 1.54) is 24.3 Å². The van der Waals surface area contributed by atoms with Crippen molar-refractivity contribution in [3.05, 3.63) is 30.1 Å². The minimum absolute atomic E-state index is 0.0646. The molecular formula is C14H15FN2O4. The molecule has 7 heteroatoms. The van der Waals surface area contributed by atoms with Crippen LogP contribution in [0.25, 0.3) is 0 Å². The van der Waals surface area contributed by atoms with E-state index >= 15 is 0 Å². The Bertz CT molecular complexity index is 544. The van der Waals surface area contributed by atoms with Crippen molar-refractivity contribution in [1.82, 2.24) is 10.6 Å². The lowest BCUT2D eigenvalue weighted by Crippen LogP contribution is -2.52. The van der Waals surface area contributed by atoms with Gasteiger partial charge in [0.25, 0.3) is 0 Å².